The van der Waals surface area contributed by atoms with Gasteiger partial charge in [0.2, 0.25) is 0 Å². The molecule has 0 aromatic carbocycles. The first-order chi connectivity index (χ1) is 9.68. The summed E-state index contributed by atoms with van der Waals surface area (Å²) >= 11 is 0. The molecule has 0 N–H and O–H groups in total. The zero-order valence-corrected chi connectivity index (χ0v) is 12.1. The number of aromatic nitrogens is 4. The van der Waals surface area contributed by atoms with Crippen molar-refractivity contribution in [2.24, 2.45) is 7.05 Å². The standard InChI is InChI=1S/2C6H7N.C4H6N2/c1-6-2-4-7-5-3-6;1-6-4-2-3-5-7-6;1-6-3-2-5-4-6/h2*2-5H,1H3;2-4H,1H3. The molecule has 0 fully saturated rings. The van der Waals surface area contributed by atoms with Crippen LogP contribution in [0.25, 0.3) is 0 Å². The summed E-state index contributed by atoms with van der Waals surface area (Å²) in [5.41, 5.74) is 2.33. The fourth-order valence-electron chi connectivity index (χ4n) is 1.20. The maximum atomic E-state index is 3.98. The summed E-state index contributed by atoms with van der Waals surface area (Å²) in [7, 11) is 1.94. The molecule has 0 radical (unpaired) electrons. The van der Waals surface area contributed by atoms with E-state index in [0.717, 1.165) is 5.69 Å². The Kier molecular flexibility index (Phi) is 7.35. The van der Waals surface area contributed by atoms with Crippen LogP contribution >= 0.6 is 0 Å². The van der Waals surface area contributed by atoms with E-state index in [0.29, 0.717) is 0 Å². The highest BCUT2D eigenvalue weighted by atomic mass is 15.0. The molecular weight excluding hydrogens is 248 g/mol. The molecule has 0 aliphatic carbocycles. The Morgan fingerprint density at radius 2 is 1.60 bits per heavy atom. The molecule has 0 aliphatic heterocycles. The topological polar surface area (TPSA) is 43.6 Å². The number of pyridine rings is 2. The van der Waals surface area contributed by atoms with Crippen molar-refractivity contribution in [2.45, 2.75) is 13.8 Å². The Bertz CT molecular complexity index is 510. The highest BCUT2D eigenvalue weighted by Gasteiger charge is 1.74. The van der Waals surface area contributed by atoms with Gasteiger partial charge in [0.15, 0.2) is 0 Å². The van der Waals surface area contributed by atoms with Gasteiger partial charge in [-0.1, -0.05) is 6.07 Å². The van der Waals surface area contributed by atoms with E-state index < -0.39 is 0 Å². The third kappa shape index (κ3) is 7.76. The highest BCUT2D eigenvalue weighted by molar-refractivity contribution is 5.05. The quantitative estimate of drug-likeness (QED) is 0.629. The first-order valence-corrected chi connectivity index (χ1v) is 6.34. The normalized spacial score (nSPS) is 8.75. The summed E-state index contributed by atoms with van der Waals surface area (Å²) < 4.78 is 1.89. The highest BCUT2D eigenvalue weighted by Crippen LogP contribution is 1.88. The molecule has 0 aliphatic rings. The van der Waals surface area contributed by atoms with Crippen molar-refractivity contribution in [2.75, 3.05) is 0 Å². The fraction of sp³-hybridized carbons (Fsp3) is 0.188. The fourth-order valence-corrected chi connectivity index (χ4v) is 1.20. The van der Waals surface area contributed by atoms with Gasteiger partial charge in [-0.05, 0) is 43.7 Å². The van der Waals surface area contributed by atoms with Gasteiger partial charge in [0.1, 0.15) is 0 Å². The molecule has 0 atom stereocenters. The van der Waals surface area contributed by atoms with Crippen molar-refractivity contribution in [1.82, 2.24) is 19.5 Å². The number of imidazole rings is 1. The van der Waals surface area contributed by atoms with E-state index in [-0.39, 0.29) is 0 Å². The molecule has 0 spiro atoms. The molecule has 0 amide bonds. The van der Waals surface area contributed by atoms with Crippen LogP contribution in [0.5, 0.6) is 0 Å². The van der Waals surface area contributed by atoms with Crippen LogP contribution in [0.3, 0.4) is 0 Å². The van der Waals surface area contributed by atoms with Gasteiger partial charge in [0, 0.05) is 43.7 Å². The van der Waals surface area contributed by atoms with Crippen LogP contribution in [0.1, 0.15) is 11.3 Å². The molecule has 104 valence electrons. The van der Waals surface area contributed by atoms with Crippen LogP contribution in [0.2, 0.25) is 0 Å². The Hall–Kier alpha value is -2.49. The van der Waals surface area contributed by atoms with E-state index >= 15 is 0 Å². The van der Waals surface area contributed by atoms with Crippen LogP contribution in [0.4, 0.5) is 0 Å². The lowest BCUT2D eigenvalue weighted by atomic mass is 10.3. The molecule has 20 heavy (non-hydrogen) atoms. The van der Waals surface area contributed by atoms with Gasteiger partial charge in [-0.25, -0.2) is 4.98 Å². The van der Waals surface area contributed by atoms with Crippen molar-refractivity contribution in [3.8, 4) is 0 Å². The van der Waals surface area contributed by atoms with E-state index in [1.807, 2.05) is 62.0 Å². The van der Waals surface area contributed by atoms with Crippen molar-refractivity contribution >= 4 is 0 Å². The van der Waals surface area contributed by atoms with Crippen LogP contribution < -0.4 is 0 Å². The first-order valence-electron chi connectivity index (χ1n) is 6.34. The molecule has 0 saturated heterocycles. The molecule has 0 saturated carbocycles. The molecule has 3 rings (SSSR count). The lowest BCUT2D eigenvalue weighted by molar-refractivity contribution is 0.913. The average Bonchev–Trinajstić information content (AvgIpc) is 2.93. The Morgan fingerprint density at radius 3 is 1.85 bits per heavy atom. The minimum absolute atomic E-state index is 1.07. The third-order valence-corrected chi connectivity index (χ3v) is 2.30. The van der Waals surface area contributed by atoms with E-state index in [1.165, 1.54) is 5.56 Å². The van der Waals surface area contributed by atoms with E-state index in [2.05, 4.69) is 15.0 Å². The van der Waals surface area contributed by atoms with Crippen molar-refractivity contribution < 1.29 is 0 Å². The number of hydrogen-bond acceptors (Lipinski definition) is 3. The van der Waals surface area contributed by atoms with Crippen LogP contribution in [0.15, 0.2) is 67.6 Å². The lowest BCUT2D eigenvalue weighted by Gasteiger charge is -1.82. The maximum absolute atomic E-state index is 3.98. The van der Waals surface area contributed by atoms with Gasteiger partial charge in [0.25, 0.3) is 0 Å². The van der Waals surface area contributed by atoms with E-state index in [9.17, 15) is 0 Å². The lowest BCUT2D eigenvalue weighted by Crippen LogP contribution is -1.76. The zero-order chi connectivity index (χ0) is 14.6. The molecule has 4 nitrogen and oxygen atoms in total. The Morgan fingerprint density at radius 1 is 0.850 bits per heavy atom. The van der Waals surface area contributed by atoms with Crippen molar-refractivity contribution in [3.05, 3.63) is 78.9 Å². The molecule has 3 heterocycles. The smallest absolute Gasteiger partial charge is 0.0943 e. The summed E-state index contributed by atoms with van der Waals surface area (Å²) in [4.78, 5) is 11.6. The second-order valence-electron chi connectivity index (χ2n) is 4.22. The largest absolute Gasteiger partial charge is 0.341 e. The molecule has 0 bridgehead atoms. The summed E-state index contributed by atoms with van der Waals surface area (Å²) in [6.45, 7) is 4.02. The second-order valence-corrected chi connectivity index (χ2v) is 4.22. The van der Waals surface area contributed by atoms with Gasteiger partial charge >= 0.3 is 0 Å². The van der Waals surface area contributed by atoms with Crippen LogP contribution in [-0.2, 0) is 7.05 Å². The van der Waals surface area contributed by atoms with Gasteiger partial charge in [-0.2, -0.15) is 0 Å². The van der Waals surface area contributed by atoms with Gasteiger partial charge in [-0.15, -0.1) is 0 Å². The third-order valence-electron chi connectivity index (χ3n) is 2.30. The SMILES string of the molecule is Cc1ccccn1.Cc1ccncc1.Cn1ccnc1. The zero-order valence-electron chi connectivity index (χ0n) is 12.1. The molecule has 0 unspecified atom stereocenters. The predicted molar refractivity (Wildman–Crippen MR) is 81.2 cm³/mol. The summed E-state index contributed by atoms with van der Waals surface area (Å²) in [6, 6.07) is 9.80. The number of rotatable bonds is 0. The number of aryl methyl sites for hydroxylation is 3. The Labute approximate surface area is 120 Å². The molecule has 3 aromatic rings. The van der Waals surface area contributed by atoms with Gasteiger partial charge in [-0.3, -0.25) is 9.97 Å². The number of hydrogen-bond donors (Lipinski definition) is 0. The van der Waals surface area contributed by atoms with Crippen LogP contribution in [-0.4, -0.2) is 19.5 Å². The summed E-state index contributed by atoms with van der Waals surface area (Å²) in [5.74, 6) is 0. The van der Waals surface area contributed by atoms with Crippen LogP contribution in [0, 0.1) is 13.8 Å². The molecule has 3 aromatic heterocycles. The molecule has 4 heteroatoms. The van der Waals surface area contributed by atoms with Gasteiger partial charge in [0.05, 0.1) is 6.33 Å². The predicted octanol–water partition coefficient (Wildman–Crippen LogP) is 3.20. The summed E-state index contributed by atoms with van der Waals surface area (Å²) in [6.07, 6.45) is 10.8. The van der Waals surface area contributed by atoms with Crippen molar-refractivity contribution in [1.29, 1.82) is 0 Å². The average molecular weight is 268 g/mol. The minimum Gasteiger partial charge on any atom is -0.341 e. The second kappa shape index (κ2) is 9.44. The monoisotopic (exact) mass is 268 g/mol. The Balaban J connectivity index is 0.000000151. The minimum atomic E-state index is 1.07. The number of nitrogens with zero attached hydrogens (tertiary/aromatic N) is 4. The maximum Gasteiger partial charge on any atom is 0.0943 e. The van der Waals surface area contributed by atoms with E-state index in [1.54, 1.807) is 31.1 Å². The molecular formula is C16H20N4. The summed E-state index contributed by atoms with van der Waals surface area (Å²) in [5, 5.41) is 0. The first kappa shape index (κ1) is 15.6. The van der Waals surface area contributed by atoms with Gasteiger partial charge < -0.3 is 4.57 Å². The van der Waals surface area contributed by atoms with Crippen molar-refractivity contribution in [3.63, 3.8) is 0 Å². The van der Waals surface area contributed by atoms with E-state index in [4.69, 9.17) is 0 Å².